The topological polar surface area (TPSA) is 90.8 Å². The van der Waals surface area contributed by atoms with E-state index in [-0.39, 0.29) is 36.5 Å². The molecule has 0 saturated heterocycles. The molecule has 0 aromatic carbocycles. The Bertz CT molecular complexity index is 495. The third kappa shape index (κ3) is 5.69. The average molecular weight is 363 g/mol. The monoisotopic (exact) mass is 363 g/mol. The highest BCUT2D eigenvalue weighted by Gasteiger charge is 2.41. The molecule has 0 heterocycles. The fraction of sp³-hybridized carbons (Fsp3) is 0.812. The first kappa shape index (κ1) is 19.7. The van der Waals surface area contributed by atoms with Crippen LogP contribution in [0, 0.1) is 23.7 Å². The van der Waals surface area contributed by atoms with Crippen molar-refractivity contribution in [2.75, 3.05) is 0 Å². The third-order valence-corrected chi connectivity index (χ3v) is 5.27. The molecular formula is C16H24F3N3O3. The van der Waals surface area contributed by atoms with E-state index in [1.165, 1.54) is 6.21 Å². The van der Waals surface area contributed by atoms with Gasteiger partial charge in [-0.3, -0.25) is 14.8 Å². The van der Waals surface area contributed by atoms with Crippen LogP contribution >= 0.6 is 0 Å². The van der Waals surface area contributed by atoms with E-state index in [2.05, 4.69) is 10.5 Å². The van der Waals surface area contributed by atoms with Crippen molar-refractivity contribution in [2.24, 2.45) is 28.8 Å². The van der Waals surface area contributed by atoms with Crippen LogP contribution in [0.25, 0.3) is 0 Å². The highest BCUT2D eigenvalue weighted by Crippen LogP contribution is 2.39. The van der Waals surface area contributed by atoms with Gasteiger partial charge in [0.05, 0.1) is 5.92 Å². The van der Waals surface area contributed by atoms with Crippen LogP contribution in [0.1, 0.15) is 51.4 Å². The molecule has 2 aliphatic rings. The Balaban J connectivity index is 1.69. The second-order valence-corrected chi connectivity index (χ2v) is 6.93. The van der Waals surface area contributed by atoms with Gasteiger partial charge < -0.3 is 0 Å². The van der Waals surface area contributed by atoms with Gasteiger partial charge in [0.2, 0.25) is 11.8 Å². The van der Waals surface area contributed by atoms with Crippen LogP contribution in [0.2, 0.25) is 0 Å². The van der Waals surface area contributed by atoms with Gasteiger partial charge in [-0.15, -0.1) is 0 Å². The highest BCUT2D eigenvalue weighted by molar-refractivity contribution is 5.81. The molecule has 2 amide bonds. The Labute approximate surface area is 144 Å². The Morgan fingerprint density at radius 3 is 1.92 bits per heavy atom. The van der Waals surface area contributed by atoms with Gasteiger partial charge in [-0.25, -0.2) is 10.9 Å². The summed E-state index contributed by atoms with van der Waals surface area (Å²) in [5.74, 6) is -2.43. The largest absolute Gasteiger partial charge is 0.391 e. The van der Waals surface area contributed by atoms with Gasteiger partial charge in [0.1, 0.15) is 0 Å². The first-order valence-electron chi connectivity index (χ1n) is 8.65. The van der Waals surface area contributed by atoms with Gasteiger partial charge in [0.25, 0.3) is 0 Å². The van der Waals surface area contributed by atoms with Crippen molar-refractivity contribution in [2.45, 2.75) is 57.5 Å². The number of hydrogen-bond acceptors (Lipinski definition) is 4. The number of hydroxylamine groups is 1. The Hall–Kier alpha value is -1.64. The quantitative estimate of drug-likeness (QED) is 0.407. The zero-order valence-corrected chi connectivity index (χ0v) is 13.9. The summed E-state index contributed by atoms with van der Waals surface area (Å²) >= 11 is 0. The van der Waals surface area contributed by atoms with Crippen LogP contribution in [0.4, 0.5) is 13.2 Å². The molecule has 6 nitrogen and oxygen atoms in total. The molecule has 0 atom stereocenters. The summed E-state index contributed by atoms with van der Waals surface area (Å²) in [5, 5.41) is 12.5. The summed E-state index contributed by atoms with van der Waals surface area (Å²) in [6.07, 6.45) is 0.584. The Morgan fingerprint density at radius 2 is 1.44 bits per heavy atom. The Kier molecular flexibility index (Phi) is 6.80. The van der Waals surface area contributed by atoms with Gasteiger partial charge in [0.15, 0.2) is 0 Å². The molecule has 0 radical (unpaired) electrons. The van der Waals surface area contributed by atoms with Gasteiger partial charge in [0, 0.05) is 18.1 Å². The molecule has 0 unspecified atom stereocenters. The maximum Gasteiger partial charge on any atom is 0.391 e. The molecule has 2 rings (SSSR count). The van der Waals surface area contributed by atoms with E-state index < -0.39 is 18.0 Å². The number of rotatable bonds is 4. The summed E-state index contributed by atoms with van der Waals surface area (Å²) in [7, 11) is 0. The predicted molar refractivity (Wildman–Crippen MR) is 83.5 cm³/mol. The standard InChI is InChI=1S/C16H24F3N3O3/c17-16(18,19)13-7-1-10(2-8-13)9-20-21-14(23)11-3-5-12(6-4-11)15(24)22-25/h9-13,25H,1-8H2,(H,21,23)(H,22,24)/b20-9+. The number of carbonyl (C=O) groups excluding carboxylic acids is 2. The SMILES string of the molecule is O=C(NO)C1CCC(C(=O)N/N=C/C2CCC(C(F)(F)F)CC2)CC1. The van der Waals surface area contributed by atoms with Crippen LogP contribution in [0.3, 0.4) is 0 Å². The van der Waals surface area contributed by atoms with Crippen molar-refractivity contribution in [3.05, 3.63) is 0 Å². The molecule has 25 heavy (non-hydrogen) atoms. The smallest absolute Gasteiger partial charge is 0.289 e. The molecule has 0 aromatic heterocycles. The van der Waals surface area contributed by atoms with Crippen LogP contribution in [0.5, 0.6) is 0 Å². The van der Waals surface area contributed by atoms with Gasteiger partial charge in [-0.05, 0) is 57.3 Å². The van der Waals surface area contributed by atoms with Crippen molar-refractivity contribution in [1.82, 2.24) is 10.9 Å². The van der Waals surface area contributed by atoms with Gasteiger partial charge in [-0.2, -0.15) is 18.3 Å². The first-order valence-corrected chi connectivity index (χ1v) is 8.65. The van der Waals surface area contributed by atoms with Gasteiger partial charge in [-0.1, -0.05) is 0 Å². The summed E-state index contributed by atoms with van der Waals surface area (Å²) in [4.78, 5) is 23.4. The summed E-state index contributed by atoms with van der Waals surface area (Å²) in [6, 6.07) is 0. The Morgan fingerprint density at radius 1 is 0.920 bits per heavy atom. The fourth-order valence-electron chi connectivity index (χ4n) is 3.60. The van der Waals surface area contributed by atoms with E-state index in [1.807, 2.05) is 0 Å². The number of halogens is 3. The van der Waals surface area contributed by atoms with Crippen molar-refractivity contribution in [3.63, 3.8) is 0 Å². The maximum absolute atomic E-state index is 12.6. The predicted octanol–water partition coefficient (Wildman–Crippen LogP) is 2.77. The molecule has 2 aliphatic carbocycles. The minimum absolute atomic E-state index is 0.0390. The van der Waals surface area contributed by atoms with Crippen molar-refractivity contribution < 1.29 is 28.0 Å². The normalized spacial score (nSPS) is 30.9. The molecule has 2 fully saturated rings. The molecule has 0 aromatic rings. The summed E-state index contributed by atoms with van der Waals surface area (Å²) < 4.78 is 37.8. The van der Waals surface area contributed by atoms with E-state index in [9.17, 15) is 22.8 Å². The van der Waals surface area contributed by atoms with E-state index >= 15 is 0 Å². The van der Waals surface area contributed by atoms with Crippen molar-refractivity contribution in [1.29, 1.82) is 0 Å². The molecule has 2 saturated carbocycles. The van der Waals surface area contributed by atoms with E-state index in [0.717, 1.165) is 0 Å². The van der Waals surface area contributed by atoms with Crippen molar-refractivity contribution in [3.8, 4) is 0 Å². The number of carbonyl (C=O) groups is 2. The zero-order valence-electron chi connectivity index (χ0n) is 13.9. The van der Waals surface area contributed by atoms with Crippen LogP contribution in [-0.4, -0.2) is 29.4 Å². The molecule has 9 heteroatoms. The molecular weight excluding hydrogens is 339 g/mol. The second kappa shape index (κ2) is 8.64. The van der Waals surface area contributed by atoms with Gasteiger partial charge >= 0.3 is 6.18 Å². The van der Waals surface area contributed by atoms with E-state index in [0.29, 0.717) is 38.5 Å². The van der Waals surface area contributed by atoms with Crippen LogP contribution in [0.15, 0.2) is 5.10 Å². The highest BCUT2D eigenvalue weighted by atomic mass is 19.4. The summed E-state index contributed by atoms with van der Waals surface area (Å²) in [5.41, 5.74) is 4.09. The van der Waals surface area contributed by atoms with Crippen molar-refractivity contribution >= 4 is 18.0 Å². The number of amides is 2. The summed E-state index contributed by atoms with van der Waals surface area (Å²) in [6.45, 7) is 0. The maximum atomic E-state index is 12.6. The molecule has 0 spiro atoms. The van der Waals surface area contributed by atoms with E-state index in [4.69, 9.17) is 5.21 Å². The molecule has 0 aliphatic heterocycles. The second-order valence-electron chi connectivity index (χ2n) is 6.93. The van der Waals surface area contributed by atoms with Crippen LogP contribution in [-0.2, 0) is 9.59 Å². The number of alkyl halides is 3. The molecule has 3 N–H and O–H groups in total. The lowest BCUT2D eigenvalue weighted by Gasteiger charge is -2.28. The number of nitrogens with one attached hydrogen (secondary N) is 2. The lowest BCUT2D eigenvalue weighted by Crippen LogP contribution is -2.35. The zero-order chi connectivity index (χ0) is 18.4. The minimum atomic E-state index is -4.12. The fourth-order valence-corrected chi connectivity index (χ4v) is 3.60. The third-order valence-electron chi connectivity index (χ3n) is 5.27. The lowest BCUT2D eigenvalue weighted by molar-refractivity contribution is -0.182. The molecule has 142 valence electrons. The number of nitrogens with zero attached hydrogens (tertiary/aromatic N) is 1. The average Bonchev–Trinajstić information content (AvgIpc) is 2.60. The molecule has 0 bridgehead atoms. The first-order chi connectivity index (χ1) is 11.8. The van der Waals surface area contributed by atoms with Crippen LogP contribution < -0.4 is 10.9 Å². The van der Waals surface area contributed by atoms with E-state index in [1.54, 1.807) is 5.48 Å². The number of hydrogen-bond donors (Lipinski definition) is 3. The number of hydrazone groups is 1. The minimum Gasteiger partial charge on any atom is -0.289 e. The lowest BCUT2D eigenvalue weighted by atomic mass is 9.81.